The number of aliphatic carboxylic acids is 1. The van der Waals surface area contributed by atoms with Crippen LogP contribution in [0.2, 0.25) is 0 Å². The predicted molar refractivity (Wildman–Crippen MR) is 121 cm³/mol. The summed E-state index contributed by atoms with van der Waals surface area (Å²) in [5.74, 6) is -0.909. The van der Waals surface area contributed by atoms with Gasteiger partial charge in [0.1, 0.15) is 6.17 Å². The third-order valence-electron chi connectivity index (χ3n) is 5.76. The van der Waals surface area contributed by atoms with Crippen molar-refractivity contribution in [1.29, 1.82) is 0 Å². The number of hydrogen-bond acceptors (Lipinski definition) is 2. The zero-order chi connectivity index (χ0) is 22.1. The number of benzene rings is 2. The molecule has 2 aromatic carbocycles. The summed E-state index contributed by atoms with van der Waals surface area (Å²) in [5, 5.41) is 14.4. The second-order valence-electron chi connectivity index (χ2n) is 7.94. The monoisotopic (exact) mass is 424 g/mol. The fourth-order valence-corrected chi connectivity index (χ4v) is 4.04. The zero-order valence-corrected chi connectivity index (χ0v) is 17.5. The number of nitrogens with one attached hydrogen (secondary N) is 2. The van der Waals surface area contributed by atoms with Crippen LogP contribution >= 0.6 is 0 Å². The summed E-state index contributed by atoms with van der Waals surface area (Å²) in [6, 6.07) is 17.4. The minimum atomic E-state index is -0.885. The van der Waals surface area contributed by atoms with Crippen LogP contribution in [-0.4, -0.2) is 29.8 Å². The van der Waals surface area contributed by atoms with E-state index in [1.807, 2.05) is 60.7 Å². The number of rotatable bonds is 9. The Morgan fingerprint density at radius 3 is 2.42 bits per heavy atom. The van der Waals surface area contributed by atoms with Crippen molar-refractivity contribution in [2.45, 2.75) is 38.3 Å². The van der Waals surface area contributed by atoms with Crippen molar-refractivity contribution in [2.24, 2.45) is 11.8 Å². The van der Waals surface area contributed by atoms with Crippen molar-refractivity contribution in [3.8, 4) is 11.1 Å². The van der Waals surface area contributed by atoms with Gasteiger partial charge in [0.05, 0.1) is 0 Å². The van der Waals surface area contributed by atoms with Gasteiger partial charge < -0.3 is 15.7 Å². The lowest BCUT2D eigenvalue weighted by Crippen LogP contribution is -2.35. The topological polar surface area (TPSA) is 78.4 Å². The Hall–Kier alpha value is -3.15. The largest absolute Gasteiger partial charge is 0.481 e. The summed E-state index contributed by atoms with van der Waals surface area (Å²) in [5.41, 5.74) is 2.89. The van der Waals surface area contributed by atoms with Crippen LogP contribution in [0.1, 0.15) is 32.1 Å². The molecule has 3 atom stereocenters. The first-order chi connectivity index (χ1) is 15.0. The maximum Gasteiger partial charge on any atom is 0.319 e. The summed E-state index contributed by atoms with van der Waals surface area (Å²) in [6.07, 6.45) is 5.12. The molecule has 0 aliphatic heterocycles. The molecular formula is C25H29FN2O3. The number of carboxylic acids is 1. The van der Waals surface area contributed by atoms with Gasteiger partial charge in [-0.1, -0.05) is 54.6 Å². The van der Waals surface area contributed by atoms with E-state index < -0.39 is 12.1 Å². The van der Waals surface area contributed by atoms with Gasteiger partial charge in [0.25, 0.3) is 0 Å². The molecule has 164 valence electrons. The standard InChI is InChI=1S/C25H29FN2O3/c26-23-16-13-20(22(23)9-5-2-6-10-24(29)30)17-27-25(31)28-21-14-11-19(12-15-21)18-7-3-1-4-8-18/h1-5,7-8,11-12,14-15,20,22-23H,6,9-10,13,16-17H2,(H,29,30)(H2,27,28,31)/b5-2-/t20-,22-,23-/m1/s1. The van der Waals surface area contributed by atoms with Crippen LogP contribution in [0.4, 0.5) is 14.9 Å². The minimum absolute atomic E-state index is 0.0744. The van der Waals surface area contributed by atoms with Crippen molar-refractivity contribution >= 4 is 17.7 Å². The van der Waals surface area contributed by atoms with Crippen LogP contribution in [0, 0.1) is 11.8 Å². The average molecular weight is 425 g/mol. The molecule has 0 saturated heterocycles. The van der Waals surface area contributed by atoms with E-state index in [-0.39, 0.29) is 24.3 Å². The number of anilines is 1. The molecule has 5 nitrogen and oxygen atoms in total. The maximum atomic E-state index is 14.3. The number of carbonyl (C=O) groups is 2. The third-order valence-corrected chi connectivity index (χ3v) is 5.76. The smallest absolute Gasteiger partial charge is 0.319 e. The molecule has 0 bridgehead atoms. The van der Waals surface area contributed by atoms with Gasteiger partial charge in [-0.25, -0.2) is 9.18 Å². The number of carboxylic acid groups (broad SMARTS) is 1. The zero-order valence-electron chi connectivity index (χ0n) is 17.5. The number of hydrogen-bond donors (Lipinski definition) is 3. The summed E-state index contributed by atoms with van der Waals surface area (Å²) in [4.78, 5) is 22.8. The molecule has 0 aromatic heterocycles. The summed E-state index contributed by atoms with van der Waals surface area (Å²) in [6.45, 7) is 0.419. The predicted octanol–water partition coefficient (Wildman–Crippen LogP) is 5.65. The number of halogens is 1. The molecule has 0 radical (unpaired) electrons. The molecule has 3 rings (SSSR count). The van der Waals surface area contributed by atoms with Gasteiger partial charge >= 0.3 is 12.0 Å². The molecule has 31 heavy (non-hydrogen) atoms. The molecule has 2 aromatic rings. The third kappa shape index (κ3) is 6.95. The summed E-state index contributed by atoms with van der Waals surface area (Å²) >= 11 is 0. The van der Waals surface area contributed by atoms with Crippen LogP contribution in [0.15, 0.2) is 66.7 Å². The van der Waals surface area contributed by atoms with Gasteiger partial charge in [-0.05, 0) is 60.8 Å². The molecule has 0 heterocycles. The first kappa shape index (κ1) is 22.5. The normalized spacial score (nSPS) is 20.6. The van der Waals surface area contributed by atoms with Gasteiger partial charge in [-0.15, -0.1) is 0 Å². The molecule has 6 heteroatoms. The fourth-order valence-electron chi connectivity index (χ4n) is 4.04. The number of carbonyl (C=O) groups excluding carboxylic acids is 1. The van der Waals surface area contributed by atoms with Gasteiger partial charge in [-0.2, -0.15) is 0 Å². The van der Waals surface area contributed by atoms with E-state index in [1.54, 1.807) is 6.08 Å². The second-order valence-corrected chi connectivity index (χ2v) is 7.94. The van der Waals surface area contributed by atoms with Crippen LogP contribution in [0.3, 0.4) is 0 Å². The van der Waals surface area contributed by atoms with Crippen molar-refractivity contribution < 1.29 is 19.1 Å². The number of alkyl halides is 1. The Labute approximate surface area is 182 Å². The Kier molecular flexibility index (Phi) is 8.21. The lowest BCUT2D eigenvalue weighted by molar-refractivity contribution is -0.136. The Morgan fingerprint density at radius 1 is 1.00 bits per heavy atom. The fraction of sp³-hybridized carbons (Fsp3) is 0.360. The van der Waals surface area contributed by atoms with E-state index in [9.17, 15) is 14.0 Å². The lowest BCUT2D eigenvalue weighted by atomic mass is 9.91. The van der Waals surface area contributed by atoms with Crippen LogP contribution in [0.5, 0.6) is 0 Å². The molecule has 1 aliphatic carbocycles. The van der Waals surface area contributed by atoms with Crippen LogP contribution < -0.4 is 10.6 Å². The highest BCUT2D eigenvalue weighted by Crippen LogP contribution is 2.36. The average Bonchev–Trinajstić information content (AvgIpc) is 3.12. The van der Waals surface area contributed by atoms with Gasteiger partial charge in [0.2, 0.25) is 0 Å². The van der Waals surface area contributed by atoms with Gasteiger partial charge in [0.15, 0.2) is 0 Å². The molecule has 1 saturated carbocycles. The highest BCUT2D eigenvalue weighted by Gasteiger charge is 2.35. The highest BCUT2D eigenvalue weighted by atomic mass is 19.1. The second kappa shape index (κ2) is 11.3. The first-order valence-electron chi connectivity index (χ1n) is 10.7. The Bertz CT molecular complexity index is 883. The van der Waals surface area contributed by atoms with E-state index in [4.69, 9.17) is 5.11 Å². The SMILES string of the molecule is O=C(O)CC/C=C\C[C@@H]1[C@@H](CNC(=O)Nc2ccc(-c3ccccc3)cc2)CC[C@H]1F. The van der Waals surface area contributed by atoms with E-state index in [0.29, 0.717) is 31.5 Å². The quantitative estimate of drug-likeness (QED) is 0.455. The van der Waals surface area contributed by atoms with E-state index in [0.717, 1.165) is 17.5 Å². The summed E-state index contributed by atoms with van der Waals surface area (Å²) < 4.78 is 14.3. The van der Waals surface area contributed by atoms with E-state index >= 15 is 0 Å². The Morgan fingerprint density at radius 2 is 1.71 bits per heavy atom. The first-order valence-corrected chi connectivity index (χ1v) is 10.7. The minimum Gasteiger partial charge on any atom is -0.481 e. The van der Waals surface area contributed by atoms with Gasteiger partial charge in [-0.3, -0.25) is 4.79 Å². The van der Waals surface area contributed by atoms with E-state index in [2.05, 4.69) is 10.6 Å². The van der Waals surface area contributed by atoms with Crippen molar-refractivity contribution in [2.75, 3.05) is 11.9 Å². The van der Waals surface area contributed by atoms with Crippen molar-refractivity contribution in [3.05, 3.63) is 66.7 Å². The lowest BCUT2D eigenvalue weighted by Gasteiger charge is -2.20. The molecule has 0 unspecified atom stereocenters. The van der Waals surface area contributed by atoms with E-state index in [1.165, 1.54) is 0 Å². The highest BCUT2D eigenvalue weighted by molar-refractivity contribution is 5.89. The van der Waals surface area contributed by atoms with Crippen molar-refractivity contribution in [1.82, 2.24) is 5.32 Å². The summed E-state index contributed by atoms with van der Waals surface area (Å²) in [7, 11) is 0. The van der Waals surface area contributed by atoms with Crippen LogP contribution in [0.25, 0.3) is 11.1 Å². The van der Waals surface area contributed by atoms with Crippen LogP contribution in [-0.2, 0) is 4.79 Å². The van der Waals surface area contributed by atoms with Gasteiger partial charge in [0, 0.05) is 18.7 Å². The number of allylic oxidation sites excluding steroid dienone is 2. The number of amides is 2. The molecule has 1 aliphatic rings. The van der Waals surface area contributed by atoms with Crippen molar-refractivity contribution in [3.63, 3.8) is 0 Å². The molecule has 3 N–H and O–H groups in total. The molecule has 1 fully saturated rings. The molecule has 2 amide bonds. The molecule has 0 spiro atoms. The number of urea groups is 1. The Balaban J connectivity index is 1.45. The molecular weight excluding hydrogens is 395 g/mol. The maximum absolute atomic E-state index is 14.3.